The number of halogens is 3. The van der Waals surface area contributed by atoms with Gasteiger partial charge in [0.25, 0.3) is 0 Å². The van der Waals surface area contributed by atoms with E-state index in [1.807, 2.05) is 0 Å². The zero-order chi connectivity index (χ0) is 12.5. The van der Waals surface area contributed by atoms with Crippen LogP contribution in [0.25, 0.3) is 11.1 Å². The van der Waals surface area contributed by atoms with E-state index in [1.165, 1.54) is 18.5 Å². The van der Waals surface area contributed by atoms with Crippen molar-refractivity contribution in [2.24, 2.45) is 0 Å². The molecule has 1 aromatic heterocycles. The van der Waals surface area contributed by atoms with Crippen molar-refractivity contribution >= 4 is 12.2 Å². The predicted octanol–water partition coefficient (Wildman–Crippen LogP) is 3.82. The Hall–Kier alpha value is -1.69. The number of hydrogen-bond donors (Lipinski definition) is 1. The van der Waals surface area contributed by atoms with Gasteiger partial charge in [-0.3, -0.25) is 0 Å². The number of nitrogens with zero attached hydrogens (tertiary/aromatic N) is 1. The molecule has 0 bridgehead atoms. The summed E-state index contributed by atoms with van der Waals surface area (Å²) in [4.78, 5) is 6.50. The highest BCUT2D eigenvalue weighted by Gasteiger charge is 2.30. The summed E-state index contributed by atoms with van der Waals surface area (Å²) in [7, 11) is 0. The van der Waals surface area contributed by atoms with Crippen molar-refractivity contribution in [3.8, 4) is 11.1 Å². The van der Waals surface area contributed by atoms with E-state index in [4.69, 9.17) is 12.2 Å². The number of aromatic nitrogens is 2. The monoisotopic (exact) mass is 256 g/mol. The molecule has 2 rings (SSSR count). The first kappa shape index (κ1) is 11.8. The summed E-state index contributed by atoms with van der Waals surface area (Å²) in [5, 5.41) is 0. The van der Waals surface area contributed by atoms with Crippen LogP contribution in [0, 0.1) is 4.77 Å². The molecule has 2 nitrogen and oxygen atoms in total. The SMILES string of the molecule is FC(F)(F)c1cccc(-c2cnc(=S)[nH]c2)c1. The minimum absolute atomic E-state index is 0.292. The summed E-state index contributed by atoms with van der Waals surface area (Å²) in [5.74, 6) is 0. The molecular formula is C11H7F3N2S. The van der Waals surface area contributed by atoms with Gasteiger partial charge in [-0.15, -0.1) is 0 Å². The van der Waals surface area contributed by atoms with E-state index in [-0.39, 0.29) is 0 Å². The van der Waals surface area contributed by atoms with Crippen molar-refractivity contribution in [1.82, 2.24) is 9.97 Å². The molecule has 0 saturated heterocycles. The molecular weight excluding hydrogens is 249 g/mol. The van der Waals surface area contributed by atoms with Crippen molar-refractivity contribution in [2.75, 3.05) is 0 Å². The number of benzene rings is 1. The van der Waals surface area contributed by atoms with Crippen molar-refractivity contribution in [1.29, 1.82) is 0 Å². The van der Waals surface area contributed by atoms with Crippen LogP contribution in [-0.2, 0) is 6.18 Å². The first-order chi connectivity index (χ1) is 7.97. The minimum atomic E-state index is -4.34. The van der Waals surface area contributed by atoms with Crippen molar-refractivity contribution in [3.63, 3.8) is 0 Å². The highest BCUT2D eigenvalue weighted by atomic mass is 32.1. The maximum atomic E-state index is 12.5. The van der Waals surface area contributed by atoms with E-state index >= 15 is 0 Å². The van der Waals surface area contributed by atoms with E-state index in [2.05, 4.69) is 9.97 Å². The van der Waals surface area contributed by atoms with Crippen LogP contribution < -0.4 is 0 Å². The molecule has 1 heterocycles. The van der Waals surface area contributed by atoms with E-state index in [0.717, 1.165) is 12.1 Å². The summed E-state index contributed by atoms with van der Waals surface area (Å²) in [6.07, 6.45) is -1.37. The predicted molar refractivity (Wildman–Crippen MR) is 59.9 cm³/mol. The highest BCUT2D eigenvalue weighted by Crippen LogP contribution is 2.31. The quantitative estimate of drug-likeness (QED) is 0.786. The highest BCUT2D eigenvalue weighted by molar-refractivity contribution is 7.71. The van der Waals surface area contributed by atoms with Crippen LogP contribution in [0.3, 0.4) is 0 Å². The van der Waals surface area contributed by atoms with Gasteiger partial charge in [0.15, 0.2) is 4.77 Å². The molecule has 0 aliphatic carbocycles. The van der Waals surface area contributed by atoms with Gasteiger partial charge in [0.1, 0.15) is 0 Å². The van der Waals surface area contributed by atoms with E-state index in [0.29, 0.717) is 15.9 Å². The second-order valence-electron chi connectivity index (χ2n) is 3.39. The summed E-state index contributed by atoms with van der Waals surface area (Å²) in [6.45, 7) is 0. The number of rotatable bonds is 1. The van der Waals surface area contributed by atoms with Gasteiger partial charge in [0.2, 0.25) is 0 Å². The second kappa shape index (κ2) is 4.29. The van der Waals surface area contributed by atoms with Crippen molar-refractivity contribution < 1.29 is 13.2 Å². The van der Waals surface area contributed by atoms with Crippen LogP contribution in [0.1, 0.15) is 5.56 Å². The van der Waals surface area contributed by atoms with Crippen LogP contribution in [0.5, 0.6) is 0 Å². The summed E-state index contributed by atoms with van der Waals surface area (Å²) in [5.41, 5.74) is 0.320. The van der Waals surface area contributed by atoms with E-state index in [9.17, 15) is 13.2 Å². The summed E-state index contributed by atoms with van der Waals surface area (Å²) >= 11 is 4.76. The average molecular weight is 256 g/mol. The molecule has 0 radical (unpaired) electrons. The second-order valence-corrected chi connectivity index (χ2v) is 3.77. The Morgan fingerprint density at radius 3 is 2.53 bits per heavy atom. The number of nitrogens with one attached hydrogen (secondary N) is 1. The third-order valence-corrected chi connectivity index (χ3v) is 2.42. The van der Waals surface area contributed by atoms with Crippen LogP contribution >= 0.6 is 12.2 Å². The fourth-order valence-electron chi connectivity index (χ4n) is 1.38. The number of hydrogen-bond acceptors (Lipinski definition) is 2. The normalized spacial score (nSPS) is 11.5. The Labute approximate surface area is 100 Å². The van der Waals surface area contributed by atoms with Crippen molar-refractivity contribution in [2.45, 2.75) is 6.18 Å². The molecule has 2 aromatic rings. The first-order valence-electron chi connectivity index (χ1n) is 4.69. The topological polar surface area (TPSA) is 28.7 Å². The molecule has 1 N–H and O–H groups in total. The van der Waals surface area contributed by atoms with Gasteiger partial charge in [-0.2, -0.15) is 13.2 Å². The third-order valence-electron chi connectivity index (χ3n) is 2.20. The fraction of sp³-hybridized carbons (Fsp3) is 0.0909. The first-order valence-corrected chi connectivity index (χ1v) is 5.10. The number of H-pyrrole nitrogens is 1. The van der Waals surface area contributed by atoms with Gasteiger partial charge in [-0.1, -0.05) is 12.1 Å². The van der Waals surface area contributed by atoms with Gasteiger partial charge < -0.3 is 4.98 Å². The standard InChI is InChI=1S/C11H7F3N2S/c12-11(13,14)9-3-1-2-7(4-9)8-5-15-10(17)16-6-8/h1-6H,(H,15,16,17). The van der Waals surface area contributed by atoms with Crippen LogP contribution in [-0.4, -0.2) is 9.97 Å². The Kier molecular flexibility index (Phi) is 2.97. The maximum Gasteiger partial charge on any atom is 0.416 e. The molecule has 0 saturated carbocycles. The number of alkyl halides is 3. The molecule has 0 spiro atoms. The van der Waals surface area contributed by atoms with E-state index < -0.39 is 11.7 Å². The molecule has 0 unspecified atom stereocenters. The zero-order valence-corrected chi connectivity index (χ0v) is 9.27. The van der Waals surface area contributed by atoms with E-state index in [1.54, 1.807) is 6.07 Å². The summed E-state index contributed by atoms with van der Waals surface area (Å²) in [6, 6.07) is 5.05. The average Bonchev–Trinajstić information content (AvgIpc) is 2.29. The Bertz CT molecular complexity index is 569. The smallest absolute Gasteiger partial charge is 0.337 e. The fourth-order valence-corrected chi connectivity index (χ4v) is 1.49. The third kappa shape index (κ3) is 2.71. The molecule has 0 atom stereocenters. The lowest BCUT2D eigenvalue weighted by molar-refractivity contribution is -0.137. The molecule has 0 fully saturated rings. The molecule has 1 aromatic carbocycles. The summed E-state index contributed by atoms with van der Waals surface area (Å²) < 4.78 is 37.8. The lowest BCUT2D eigenvalue weighted by Crippen LogP contribution is -2.04. The molecule has 6 heteroatoms. The lowest BCUT2D eigenvalue weighted by atomic mass is 10.1. The molecule has 17 heavy (non-hydrogen) atoms. The molecule has 0 aliphatic heterocycles. The maximum absolute atomic E-state index is 12.5. The minimum Gasteiger partial charge on any atom is -0.337 e. The van der Waals surface area contributed by atoms with Gasteiger partial charge in [-0.05, 0) is 29.9 Å². The zero-order valence-electron chi connectivity index (χ0n) is 8.45. The van der Waals surface area contributed by atoms with Crippen molar-refractivity contribution in [3.05, 3.63) is 47.0 Å². The Morgan fingerprint density at radius 1 is 1.18 bits per heavy atom. The van der Waals surface area contributed by atoms with Crippen LogP contribution in [0.15, 0.2) is 36.7 Å². The van der Waals surface area contributed by atoms with Crippen LogP contribution in [0.2, 0.25) is 0 Å². The number of aromatic amines is 1. The lowest BCUT2D eigenvalue weighted by Gasteiger charge is -2.08. The Balaban J connectivity index is 2.47. The Morgan fingerprint density at radius 2 is 1.94 bits per heavy atom. The van der Waals surface area contributed by atoms with Gasteiger partial charge in [-0.25, -0.2) is 4.98 Å². The molecule has 0 aliphatic rings. The van der Waals surface area contributed by atoms with Crippen LogP contribution in [0.4, 0.5) is 13.2 Å². The molecule has 88 valence electrons. The van der Waals surface area contributed by atoms with Gasteiger partial charge >= 0.3 is 6.18 Å². The largest absolute Gasteiger partial charge is 0.416 e. The molecule has 0 amide bonds. The van der Waals surface area contributed by atoms with Gasteiger partial charge in [0.05, 0.1) is 5.56 Å². The van der Waals surface area contributed by atoms with Gasteiger partial charge in [0, 0.05) is 18.0 Å².